The minimum absolute atomic E-state index is 0.0809. The highest BCUT2D eigenvalue weighted by Crippen LogP contribution is 2.44. The second-order valence-corrected chi connectivity index (χ2v) is 8.00. The first-order valence-corrected chi connectivity index (χ1v) is 10.8. The zero-order chi connectivity index (χ0) is 24.9. The molecular formula is C25H23N3O7. The standard InChI is InChI=1S/C25H23N3O7/c1-32-19-9-12-8-16(27-20(12)23(34-3)22(19)33-2)24(30)28-6-5-14-15-7-13(25(31)35-4)11-26-21(15)18(29)10-17(14)28/h7-11,27,29H,5-6H2,1-4H3. The molecule has 4 aromatic rings. The number of aromatic amines is 1. The number of hydrogen-bond donors (Lipinski definition) is 2. The molecule has 0 bridgehead atoms. The van der Waals surface area contributed by atoms with Gasteiger partial charge in [-0.25, -0.2) is 4.79 Å². The number of methoxy groups -OCH3 is 4. The van der Waals surface area contributed by atoms with Gasteiger partial charge < -0.3 is 33.9 Å². The molecule has 0 unspecified atom stereocenters. The first-order chi connectivity index (χ1) is 16.9. The third-order valence-electron chi connectivity index (χ3n) is 6.23. The number of H-pyrrole nitrogens is 1. The van der Waals surface area contributed by atoms with Gasteiger partial charge in [0, 0.05) is 29.6 Å². The molecule has 0 saturated heterocycles. The first kappa shape index (κ1) is 22.3. The van der Waals surface area contributed by atoms with Gasteiger partial charge in [-0.15, -0.1) is 0 Å². The number of aromatic hydroxyl groups is 1. The number of carbonyl (C=O) groups is 2. The van der Waals surface area contributed by atoms with Crippen molar-refractivity contribution in [1.29, 1.82) is 0 Å². The van der Waals surface area contributed by atoms with Crippen LogP contribution in [0.3, 0.4) is 0 Å². The molecule has 35 heavy (non-hydrogen) atoms. The van der Waals surface area contributed by atoms with Gasteiger partial charge in [0.2, 0.25) is 5.75 Å². The Hall–Kier alpha value is -4.47. The number of rotatable bonds is 5. The summed E-state index contributed by atoms with van der Waals surface area (Å²) < 4.78 is 21.2. The summed E-state index contributed by atoms with van der Waals surface area (Å²) in [6.07, 6.45) is 1.90. The number of phenolic OH excluding ortho intramolecular Hbond substituents is 1. The van der Waals surface area contributed by atoms with E-state index in [0.717, 1.165) is 10.9 Å². The van der Waals surface area contributed by atoms with Crippen LogP contribution in [-0.2, 0) is 11.2 Å². The number of carbonyl (C=O) groups excluding carboxylic acids is 2. The average molecular weight is 477 g/mol. The molecule has 2 N–H and O–H groups in total. The summed E-state index contributed by atoms with van der Waals surface area (Å²) in [7, 11) is 5.85. The maximum atomic E-state index is 13.6. The number of aromatic nitrogens is 2. The summed E-state index contributed by atoms with van der Waals surface area (Å²) >= 11 is 0. The van der Waals surface area contributed by atoms with E-state index >= 15 is 0 Å². The molecule has 1 aliphatic rings. The smallest absolute Gasteiger partial charge is 0.339 e. The van der Waals surface area contributed by atoms with Crippen LogP contribution in [0.5, 0.6) is 23.0 Å². The normalized spacial score (nSPS) is 12.6. The van der Waals surface area contributed by atoms with Crippen molar-refractivity contribution in [3.63, 3.8) is 0 Å². The van der Waals surface area contributed by atoms with E-state index < -0.39 is 5.97 Å². The Bertz CT molecular complexity index is 1510. The van der Waals surface area contributed by atoms with E-state index in [0.29, 0.717) is 58.0 Å². The zero-order valence-electron chi connectivity index (χ0n) is 19.6. The van der Waals surface area contributed by atoms with Crippen LogP contribution in [0.2, 0.25) is 0 Å². The second-order valence-electron chi connectivity index (χ2n) is 8.00. The monoisotopic (exact) mass is 477 g/mol. The van der Waals surface area contributed by atoms with E-state index in [9.17, 15) is 14.7 Å². The Kier molecular flexibility index (Phi) is 5.35. The molecule has 180 valence electrons. The topological polar surface area (TPSA) is 123 Å². The van der Waals surface area contributed by atoms with Crippen LogP contribution in [0, 0.1) is 0 Å². The van der Waals surface area contributed by atoms with Gasteiger partial charge in [0.25, 0.3) is 5.91 Å². The summed E-state index contributed by atoms with van der Waals surface area (Å²) in [6, 6.07) is 6.65. The highest BCUT2D eigenvalue weighted by molar-refractivity contribution is 6.11. The first-order valence-electron chi connectivity index (χ1n) is 10.8. The van der Waals surface area contributed by atoms with E-state index in [-0.39, 0.29) is 17.2 Å². The van der Waals surface area contributed by atoms with Crippen LogP contribution in [0.15, 0.2) is 30.5 Å². The maximum absolute atomic E-state index is 13.6. The van der Waals surface area contributed by atoms with Crippen LogP contribution in [0.25, 0.3) is 21.8 Å². The van der Waals surface area contributed by atoms with Crippen LogP contribution in [-0.4, -0.2) is 61.9 Å². The van der Waals surface area contributed by atoms with Gasteiger partial charge in [0.05, 0.1) is 45.2 Å². The van der Waals surface area contributed by atoms with Gasteiger partial charge in [-0.05, 0) is 30.2 Å². The van der Waals surface area contributed by atoms with Crippen molar-refractivity contribution in [3.05, 3.63) is 47.3 Å². The summed E-state index contributed by atoms with van der Waals surface area (Å²) in [6.45, 7) is 0.397. The van der Waals surface area contributed by atoms with Crippen LogP contribution in [0.1, 0.15) is 26.4 Å². The molecule has 0 atom stereocenters. The predicted molar refractivity (Wildman–Crippen MR) is 128 cm³/mol. The Morgan fingerprint density at radius 2 is 1.80 bits per heavy atom. The average Bonchev–Trinajstić information content (AvgIpc) is 3.50. The number of nitrogens with zero attached hydrogens (tertiary/aromatic N) is 2. The summed E-state index contributed by atoms with van der Waals surface area (Å²) in [4.78, 5) is 34.6. The largest absolute Gasteiger partial charge is 0.506 e. The number of pyridine rings is 1. The third kappa shape index (κ3) is 3.37. The van der Waals surface area contributed by atoms with Crippen molar-refractivity contribution >= 4 is 39.4 Å². The number of hydrogen-bond acceptors (Lipinski definition) is 8. The molecule has 1 amide bonds. The Morgan fingerprint density at radius 3 is 2.49 bits per heavy atom. The van der Waals surface area contributed by atoms with E-state index in [4.69, 9.17) is 18.9 Å². The molecule has 0 saturated carbocycles. The second kappa shape index (κ2) is 8.39. The van der Waals surface area contributed by atoms with E-state index in [1.165, 1.54) is 40.7 Å². The van der Waals surface area contributed by atoms with Crippen molar-refractivity contribution in [2.24, 2.45) is 0 Å². The van der Waals surface area contributed by atoms with Gasteiger partial charge in [-0.2, -0.15) is 0 Å². The molecule has 2 aromatic heterocycles. The number of phenols is 1. The van der Waals surface area contributed by atoms with Crippen molar-refractivity contribution in [2.45, 2.75) is 6.42 Å². The summed E-state index contributed by atoms with van der Waals surface area (Å²) in [5, 5.41) is 11.9. The molecule has 10 heteroatoms. The fraction of sp³-hybridized carbons (Fsp3) is 0.240. The van der Waals surface area contributed by atoms with Crippen molar-refractivity contribution in [2.75, 3.05) is 39.9 Å². The number of esters is 1. The molecule has 0 spiro atoms. The molecule has 3 heterocycles. The lowest BCUT2D eigenvalue weighted by molar-refractivity contribution is 0.0600. The maximum Gasteiger partial charge on any atom is 0.339 e. The molecule has 0 radical (unpaired) electrons. The van der Waals surface area contributed by atoms with E-state index in [1.807, 2.05) is 0 Å². The Morgan fingerprint density at radius 1 is 1.03 bits per heavy atom. The predicted octanol–water partition coefficient (Wildman–Crippen LogP) is 3.44. The zero-order valence-corrected chi connectivity index (χ0v) is 19.6. The number of fused-ring (bicyclic) bond motifs is 4. The number of anilines is 1. The van der Waals surface area contributed by atoms with Crippen molar-refractivity contribution in [3.8, 4) is 23.0 Å². The molecule has 0 aliphatic carbocycles. The number of nitrogens with one attached hydrogen (secondary N) is 1. The van der Waals surface area contributed by atoms with E-state index in [2.05, 4.69) is 9.97 Å². The number of benzene rings is 2. The van der Waals surface area contributed by atoms with Crippen molar-refractivity contribution in [1.82, 2.24) is 9.97 Å². The SMILES string of the molecule is COC(=O)c1cnc2c(O)cc3c(c2c1)CCN3C(=O)c1cc2cc(OC)c(OC)c(OC)c2[nH]1. The van der Waals surface area contributed by atoms with Crippen molar-refractivity contribution < 1.29 is 33.6 Å². The Labute approximate surface area is 200 Å². The molecular weight excluding hydrogens is 454 g/mol. The molecule has 0 fully saturated rings. The molecule has 5 rings (SSSR count). The van der Waals surface area contributed by atoms with Gasteiger partial charge in [0.1, 0.15) is 17.0 Å². The molecule has 2 aromatic carbocycles. The highest BCUT2D eigenvalue weighted by Gasteiger charge is 2.30. The quantitative estimate of drug-likeness (QED) is 0.419. The van der Waals surface area contributed by atoms with E-state index in [1.54, 1.807) is 23.1 Å². The minimum Gasteiger partial charge on any atom is -0.506 e. The fourth-order valence-corrected chi connectivity index (χ4v) is 4.61. The lowest BCUT2D eigenvalue weighted by Gasteiger charge is -2.17. The Balaban J connectivity index is 1.60. The van der Waals surface area contributed by atoms with Crippen LogP contribution < -0.4 is 19.1 Å². The number of amides is 1. The lowest BCUT2D eigenvalue weighted by Crippen LogP contribution is -2.29. The third-order valence-corrected chi connectivity index (χ3v) is 6.23. The van der Waals surface area contributed by atoms with Gasteiger partial charge in [-0.1, -0.05) is 0 Å². The molecule has 10 nitrogen and oxygen atoms in total. The van der Waals surface area contributed by atoms with Gasteiger partial charge >= 0.3 is 5.97 Å². The minimum atomic E-state index is -0.527. The van der Waals surface area contributed by atoms with Crippen LogP contribution in [0.4, 0.5) is 5.69 Å². The summed E-state index contributed by atoms with van der Waals surface area (Å²) in [5.74, 6) is 0.429. The lowest BCUT2D eigenvalue weighted by atomic mass is 10.0. The highest BCUT2D eigenvalue weighted by atomic mass is 16.5. The fourth-order valence-electron chi connectivity index (χ4n) is 4.61. The van der Waals surface area contributed by atoms with Crippen LogP contribution >= 0.6 is 0 Å². The number of ether oxygens (including phenoxy) is 4. The summed E-state index contributed by atoms with van der Waals surface area (Å²) in [5.41, 5.74) is 2.94. The molecule has 1 aliphatic heterocycles. The van der Waals surface area contributed by atoms with Gasteiger partial charge in [0.15, 0.2) is 11.5 Å². The van der Waals surface area contributed by atoms with Gasteiger partial charge in [-0.3, -0.25) is 9.78 Å².